The summed E-state index contributed by atoms with van der Waals surface area (Å²) in [6, 6.07) is 2.20. The van der Waals surface area contributed by atoms with Crippen LogP contribution in [0.3, 0.4) is 0 Å². The van der Waals surface area contributed by atoms with E-state index in [9.17, 15) is 0 Å². The van der Waals surface area contributed by atoms with Crippen LogP contribution in [0.5, 0.6) is 0 Å². The minimum absolute atomic E-state index is 0.573. The third kappa shape index (κ3) is 2.42. The molecule has 24 heavy (non-hydrogen) atoms. The van der Waals surface area contributed by atoms with Crippen molar-refractivity contribution in [3.63, 3.8) is 0 Å². The van der Waals surface area contributed by atoms with Crippen LogP contribution >= 0.6 is 0 Å². The number of aryl methyl sites for hydroxylation is 1. The third-order valence-corrected chi connectivity index (χ3v) is 6.20. The molecule has 0 bridgehead atoms. The maximum atomic E-state index is 4.38. The van der Waals surface area contributed by atoms with Gasteiger partial charge in [0.25, 0.3) is 0 Å². The van der Waals surface area contributed by atoms with Gasteiger partial charge in [0.15, 0.2) is 0 Å². The summed E-state index contributed by atoms with van der Waals surface area (Å²) >= 11 is 0. The van der Waals surface area contributed by atoms with E-state index in [-0.39, 0.29) is 0 Å². The van der Waals surface area contributed by atoms with Crippen LogP contribution < -0.4 is 10.2 Å². The molecule has 128 valence electrons. The monoisotopic (exact) mass is 325 g/mol. The van der Waals surface area contributed by atoms with Crippen molar-refractivity contribution in [2.45, 2.75) is 19.8 Å². The normalized spacial score (nSPS) is 24.3. The predicted molar refractivity (Wildman–Crippen MR) is 96.6 cm³/mol. The van der Waals surface area contributed by atoms with Crippen molar-refractivity contribution >= 4 is 11.3 Å². The summed E-state index contributed by atoms with van der Waals surface area (Å²) in [6.45, 7) is 11.0. The van der Waals surface area contributed by atoms with Gasteiger partial charge < -0.3 is 19.5 Å². The molecule has 2 aromatic heterocycles. The SMILES string of the molecule is Cc1cc2nccn2cc1N1CC2(CN(CC3CCNCC3)C2)C1. The summed E-state index contributed by atoms with van der Waals surface area (Å²) in [5.41, 5.74) is 4.34. The van der Waals surface area contributed by atoms with E-state index < -0.39 is 0 Å². The van der Waals surface area contributed by atoms with Crippen molar-refractivity contribution in [3.8, 4) is 0 Å². The van der Waals surface area contributed by atoms with Crippen molar-refractivity contribution in [2.24, 2.45) is 11.3 Å². The second-order valence-electron chi connectivity index (χ2n) is 8.25. The maximum Gasteiger partial charge on any atom is 0.137 e. The fourth-order valence-corrected chi connectivity index (χ4v) is 4.97. The molecule has 5 nitrogen and oxygen atoms in total. The van der Waals surface area contributed by atoms with E-state index in [0.717, 1.165) is 11.6 Å². The average molecular weight is 325 g/mol. The van der Waals surface area contributed by atoms with Gasteiger partial charge in [0.05, 0.1) is 5.69 Å². The number of pyridine rings is 1. The third-order valence-electron chi connectivity index (χ3n) is 6.20. The van der Waals surface area contributed by atoms with Gasteiger partial charge in [0.2, 0.25) is 0 Å². The Morgan fingerprint density at radius 2 is 2.00 bits per heavy atom. The molecule has 0 radical (unpaired) electrons. The number of hydrogen-bond donors (Lipinski definition) is 1. The highest BCUT2D eigenvalue weighted by atomic mass is 15.3. The molecule has 3 aliphatic rings. The Bertz CT molecular complexity index is 731. The minimum atomic E-state index is 0.573. The molecule has 0 unspecified atom stereocenters. The highest BCUT2D eigenvalue weighted by molar-refractivity contribution is 5.60. The summed E-state index contributed by atoms with van der Waals surface area (Å²) in [4.78, 5) is 9.62. The number of imidazole rings is 1. The summed E-state index contributed by atoms with van der Waals surface area (Å²) in [7, 11) is 0. The standard InChI is InChI=1S/C19H27N5/c1-15-8-18-21-6-7-23(18)10-17(15)24-13-19(14-24)11-22(12-19)9-16-2-4-20-5-3-16/h6-8,10,16,20H,2-5,9,11-14H2,1H3. The number of fused-ring (bicyclic) bond motifs is 1. The largest absolute Gasteiger partial charge is 0.369 e. The topological polar surface area (TPSA) is 35.8 Å². The Balaban J connectivity index is 1.19. The molecule has 5 heterocycles. The van der Waals surface area contributed by atoms with Crippen molar-refractivity contribution in [2.75, 3.05) is 50.7 Å². The van der Waals surface area contributed by atoms with E-state index in [2.05, 4.69) is 43.7 Å². The lowest BCUT2D eigenvalue weighted by Crippen LogP contribution is -2.72. The van der Waals surface area contributed by atoms with E-state index in [1.807, 2.05) is 12.4 Å². The molecule has 2 aromatic rings. The van der Waals surface area contributed by atoms with Crippen LogP contribution in [0.1, 0.15) is 18.4 Å². The van der Waals surface area contributed by atoms with Crippen LogP contribution in [0.2, 0.25) is 0 Å². The first kappa shape index (κ1) is 14.7. The van der Waals surface area contributed by atoms with Gasteiger partial charge in [-0.25, -0.2) is 4.98 Å². The van der Waals surface area contributed by atoms with Gasteiger partial charge in [-0.1, -0.05) is 0 Å². The fourth-order valence-electron chi connectivity index (χ4n) is 4.97. The molecule has 1 spiro atoms. The van der Waals surface area contributed by atoms with Gasteiger partial charge in [-0.05, 0) is 50.4 Å². The molecular formula is C19H27N5. The van der Waals surface area contributed by atoms with Crippen LogP contribution in [0.15, 0.2) is 24.7 Å². The van der Waals surface area contributed by atoms with Crippen molar-refractivity contribution in [1.82, 2.24) is 19.6 Å². The molecule has 0 atom stereocenters. The van der Waals surface area contributed by atoms with Gasteiger partial charge in [-0.3, -0.25) is 0 Å². The van der Waals surface area contributed by atoms with Gasteiger partial charge in [-0.2, -0.15) is 0 Å². The Hall–Kier alpha value is -1.59. The zero-order chi connectivity index (χ0) is 16.1. The van der Waals surface area contributed by atoms with E-state index in [0.29, 0.717) is 5.41 Å². The molecule has 5 heteroatoms. The van der Waals surface area contributed by atoms with Crippen molar-refractivity contribution in [3.05, 3.63) is 30.2 Å². The Morgan fingerprint density at radius 3 is 2.79 bits per heavy atom. The van der Waals surface area contributed by atoms with E-state index in [4.69, 9.17) is 0 Å². The molecular weight excluding hydrogens is 298 g/mol. The van der Waals surface area contributed by atoms with Gasteiger partial charge >= 0.3 is 0 Å². The smallest absolute Gasteiger partial charge is 0.137 e. The van der Waals surface area contributed by atoms with E-state index in [1.54, 1.807) is 0 Å². The first-order valence-electron chi connectivity index (χ1n) is 9.32. The average Bonchev–Trinajstić information content (AvgIpc) is 2.96. The van der Waals surface area contributed by atoms with Crippen LogP contribution in [-0.4, -0.2) is 60.1 Å². The molecule has 5 rings (SSSR count). The summed E-state index contributed by atoms with van der Waals surface area (Å²) in [5.74, 6) is 0.922. The van der Waals surface area contributed by atoms with Crippen molar-refractivity contribution in [1.29, 1.82) is 0 Å². The number of hydrogen-bond acceptors (Lipinski definition) is 4. The van der Waals surface area contributed by atoms with Crippen molar-refractivity contribution < 1.29 is 0 Å². The molecule has 0 saturated carbocycles. The van der Waals surface area contributed by atoms with E-state index >= 15 is 0 Å². The molecule has 0 amide bonds. The van der Waals surface area contributed by atoms with E-state index in [1.165, 1.54) is 69.9 Å². The molecule has 0 aliphatic carbocycles. The highest BCUT2D eigenvalue weighted by Crippen LogP contribution is 2.43. The molecule has 0 aromatic carbocycles. The number of piperidine rings is 1. The Morgan fingerprint density at radius 1 is 1.21 bits per heavy atom. The molecule has 3 aliphatic heterocycles. The first-order chi connectivity index (χ1) is 11.7. The fraction of sp³-hybridized carbons (Fsp3) is 0.632. The highest BCUT2D eigenvalue weighted by Gasteiger charge is 2.52. The van der Waals surface area contributed by atoms with Crippen LogP contribution in [0.4, 0.5) is 5.69 Å². The number of nitrogens with one attached hydrogen (secondary N) is 1. The zero-order valence-electron chi connectivity index (χ0n) is 14.5. The molecule has 3 saturated heterocycles. The molecule has 3 fully saturated rings. The summed E-state index contributed by atoms with van der Waals surface area (Å²) in [5, 5.41) is 3.47. The lowest BCUT2D eigenvalue weighted by Gasteiger charge is -2.61. The second kappa shape index (κ2) is 5.46. The summed E-state index contributed by atoms with van der Waals surface area (Å²) in [6.07, 6.45) is 8.88. The lowest BCUT2D eigenvalue weighted by atomic mass is 9.72. The second-order valence-corrected chi connectivity index (χ2v) is 8.25. The van der Waals surface area contributed by atoms with Gasteiger partial charge in [0, 0.05) is 56.7 Å². The van der Waals surface area contributed by atoms with Crippen LogP contribution in [0, 0.1) is 18.3 Å². The number of likely N-dealkylation sites (tertiary alicyclic amines) is 1. The Labute approximate surface area is 143 Å². The van der Waals surface area contributed by atoms with Crippen LogP contribution in [0.25, 0.3) is 5.65 Å². The number of rotatable bonds is 3. The first-order valence-corrected chi connectivity index (χ1v) is 9.32. The Kier molecular flexibility index (Phi) is 3.35. The maximum absolute atomic E-state index is 4.38. The lowest BCUT2D eigenvalue weighted by molar-refractivity contribution is -0.0328. The number of anilines is 1. The number of aromatic nitrogens is 2. The molecule has 1 N–H and O–H groups in total. The predicted octanol–water partition coefficient (Wildman–Crippen LogP) is 1.76. The number of nitrogens with zero attached hydrogens (tertiary/aromatic N) is 4. The summed E-state index contributed by atoms with van der Waals surface area (Å²) < 4.78 is 2.14. The zero-order valence-corrected chi connectivity index (χ0v) is 14.5. The van der Waals surface area contributed by atoms with Gasteiger partial charge in [-0.15, -0.1) is 0 Å². The quantitative estimate of drug-likeness (QED) is 0.933. The minimum Gasteiger partial charge on any atom is -0.369 e. The van der Waals surface area contributed by atoms with Crippen LogP contribution in [-0.2, 0) is 0 Å². The van der Waals surface area contributed by atoms with Gasteiger partial charge in [0.1, 0.15) is 5.65 Å².